The van der Waals surface area contributed by atoms with E-state index in [1.165, 1.54) is 6.42 Å². The van der Waals surface area contributed by atoms with Gasteiger partial charge in [0.25, 0.3) is 0 Å². The normalized spacial score (nSPS) is 29.8. The van der Waals surface area contributed by atoms with Crippen molar-refractivity contribution in [3.63, 3.8) is 0 Å². The zero-order valence-electron chi connectivity index (χ0n) is 10.5. The number of carboxylic acid groups (broad SMARTS) is 2. The highest BCUT2D eigenvalue weighted by atomic mass is 16.4. The second-order valence-corrected chi connectivity index (χ2v) is 5.39. The highest BCUT2D eigenvalue weighted by Gasteiger charge is 2.40. The molecule has 0 aromatic carbocycles. The summed E-state index contributed by atoms with van der Waals surface area (Å²) in [6.07, 6.45) is 3.75. The zero-order chi connectivity index (χ0) is 14.0. The molecule has 0 spiro atoms. The van der Waals surface area contributed by atoms with Gasteiger partial charge in [-0.25, -0.2) is 9.59 Å². The molecule has 2 aliphatic carbocycles. The van der Waals surface area contributed by atoms with Crippen LogP contribution in [0.1, 0.15) is 32.1 Å². The van der Waals surface area contributed by atoms with Crippen LogP contribution in [0.5, 0.6) is 0 Å². The maximum atomic E-state index is 11.7. The van der Waals surface area contributed by atoms with Gasteiger partial charge < -0.3 is 20.8 Å². The van der Waals surface area contributed by atoms with Gasteiger partial charge in [0, 0.05) is 6.04 Å². The maximum Gasteiger partial charge on any atom is 0.326 e. The summed E-state index contributed by atoms with van der Waals surface area (Å²) in [5.41, 5.74) is 0. The van der Waals surface area contributed by atoms with Gasteiger partial charge in [0.05, 0.1) is 6.42 Å². The highest BCUT2D eigenvalue weighted by molar-refractivity contribution is 5.86. The van der Waals surface area contributed by atoms with E-state index in [1.54, 1.807) is 0 Å². The lowest BCUT2D eigenvalue weighted by atomic mass is 9.95. The highest BCUT2D eigenvalue weighted by Crippen LogP contribution is 2.44. The minimum Gasteiger partial charge on any atom is -0.481 e. The minimum atomic E-state index is -1.39. The van der Waals surface area contributed by atoms with E-state index in [1.807, 2.05) is 0 Å². The van der Waals surface area contributed by atoms with Gasteiger partial charge in [-0.3, -0.25) is 4.79 Å². The Labute approximate surface area is 110 Å². The number of hydrogen-bond donors (Lipinski definition) is 4. The molecule has 7 nitrogen and oxygen atoms in total. The number of amides is 2. The lowest BCUT2D eigenvalue weighted by Crippen LogP contribution is -2.50. The Morgan fingerprint density at radius 3 is 2.37 bits per heavy atom. The first-order valence-corrected chi connectivity index (χ1v) is 6.47. The Kier molecular flexibility index (Phi) is 3.92. The Morgan fingerprint density at radius 2 is 1.89 bits per heavy atom. The van der Waals surface area contributed by atoms with Gasteiger partial charge in [0.15, 0.2) is 0 Å². The Morgan fingerprint density at radius 1 is 1.16 bits per heavy atom. The molecule has 2 saturated carbocycles. The van der Waals surface area contributed by atoms with Crippen LogP contribution in [0.4, 0.5) is 4.79 Å². The van der Waals surface area contributed by atoms with Crippen molar-refractivity contribution in [2.24, 2.45) is 11.8 Å². The molecule has 0 heterocycles. The third-order valence-electron chi connectivity index (χ3n) is 4.04. The number of hydrogen-bond acceptors (Lipinski definition) is 3. The van der Waals surface area contributed by atoms with Crippen molar-refractivity contribution < 1.29 is 24.6 Å². The summed E-state index contributed by atoms with van der Waals surface area (Å²) in [7, 11) is 0. The van der Waals surface area contributed by atoms with E-state index in [4.69, 9.17) is 10.2 Å². The summed E-state index contributed by atoms with van der Waals surface area (Å²) in [5.74, 6) is -1.44. The molecule has 4 atom stereocenters. The van der Waals surface area contributed by atoms with Crippen molar-refractivity contribution in [2.45, 2.75) is 44.2 Å². The summed E-state index contributed by atoms with van der Waals surface area (Å²) in [6.45, 7) is 0. The fourth-order valence-electron chi connectivity index (χ4n) is 3.16. The largest absolute Gasteiger partial charge is 0.481 e. The third kappa shape index (κ3) is 3.36. The number of urea groups is 1. The fraction of sp³-hybridized carbons (Fsp3) is 0.750. The molecule has 2 aliphatic rings. The van der Waals surface area contributed by atoms with Gasteiger partial charge >= 0.3 is 18.0 Å². The van der Waals surface area contributed by atoms with Gasteiger partial charge in [0.1, 0.15) is 6.04 Å². The molecule has 0 aromatic heterocycles. The molecule has 0 radical (unpaired) electrons. The molecule has 0 saturated heterocycles. The monoisotopic (exact) mass is 270 g/mol. The lowest BCUT2D eigenvalue weighted by Gasteiger charge is -2.24. The minimum absolute atomic E-state index is 0.0954. The Bertz CT molecular complexity index is 398. The maximum absolute atomic E-state index is 11.7. The first kappa shape index (κ1) is 13.6. The van der Waals surface area contributed by atoms with Gasteiger partial charge in [0.2, 0.25) is 0 Å². The van der Waals surface area contributed by atoms with Crippen molar-refractivity contribution in [1.29, 1.82) is 0 Å². The summed E-state index contributed by atoms with van der Waals surface area (Å²) in [6, 6.07) is -1.89. The topological polar surface area (TPSA) is 116 Å². The molecular weight excluding hydrogens is 252 g/mol. The van der Waals surface area contributed by atoms with Gasteiger partial charge in [-0.1, -0.05) is 6.42 Å². The molecule has 2 rings (SSSR count). The van der Waals surface area contributed by atoms with E-state index in [-0.39, 0.29) is 6.04 Å². The number of aliphatic carboxylic acids is 2. The van der Waals surface area contributed by atoms with Gasteiger partial charge in [-0.2, -0.15) is 0 Å². The summed E-state index contributed by atoms with van der Waals surface area (Å²) in [5, 5.41) is 22.4. The zero-order valence-corrected chi connectivity index (χ0v) is 10.5. The SMILES string of the molecule is O=C(O)C[C@H](NC(=O)NC1CC2CCC1C2)C(=O)O. The number of carbonyl (C=O) groups excluding carboxylic acids is 1. The van der Waals surface area contributed by atoms with Crippen LogP contribution in [0, 0.1) is 11.8 Å². The van der Waals surface area contributed by atoms with E-state index >= 15 is 0 Å². The van der Waals surface area contributed by atoms with Crippen LogP contribution in [0.15, 0.2) is 0 Å². The molecule has 19 heavy (non-hydrogen) atoms. The fourth-order valence-corrected chi connectivity index (χ4v) is 3.16. The third-order valence-corrected chi connectivity index (χ3v) is 4.04. The molecule has 0 aromatic rings. The van der Waals surface area contributed by atoms with E-state index in [9.17, 15) is 14.4 Å². The standard InChI is InChI=1S/C12H18N2O5/c15-10(16)5-9(11(17)18)14-12(19)13-8-4-6-1-2-7(8)3-6/h6-9H,1-5H2,(H,15,16)(H,17,18)(H2,13,14,19)/t6?,7?,8?,9-/m0/s1. The van der Waals surface area contributed by atoms with E-state index in [0.717, 1.165) is 19.3 Å². The Balaban J connectivity index is 1.82. The summed E-state index contributed by atoms with van der Waals surface area (Å²) >= 11 is 0. The molecular formula is C12H18N2O5. The first-order valence-electron chi connectivity index (χ1n) is 6.47. The van der Waals surface area contributed by atoms with E-state index in [2.05, 4.69) is 10.6 Å². The number of carbonyl (C=O) groups is 3. The van der Waals surface area contributed by atoms with Crippen LogP contribution < -0.4 is 10.6 Å². The number of nitrogens with one attached hydrogen (secondary N) is 2. The summed E-state index contributed by atoms with van der Waals surface area (Å²) in [4.78, 5) is 33.0. The van der Waals surface area contributed by atoms with Crippen molar-refractivity contribution >= 4 is 18.0 Å². The molecule has 2 fully saturated rings. The second kappa shape index (κ2) is 5.46. The van der Waals surface area contributed by atoms with Crippen molar-refractivity contribution in [2.75, 3.05) is 0 Å². The molecule has 4 N–H and O–H groups in total. The van der Waals surface area contributed by atoms with Crippen LogP contribution in [0.25, 0.3) is 0 Å². The Hall–Kier alpha value is -1.79. The van der Waals surface area contributed by atoms with Crippen molar-refractivity contribution in [3.05, 3.63) is 0 Å². The number of fused-ring (bicyclic) bond motifs is 2. The lowest BCUT2D eigenvalue weighted by molar-refractivity contribution is -0.145. The van der Waals surface area contributed by atoms with Gasteiger partial charge in [-0.05, 0) is 31.1 Å². The smallest absolute Gasteiger partial charge is 0.326 e. The molecule has 7 heteroatoms. The predicted octanol–water partition coefficient (Wildman–Crippen LogP) is 0.402. The number of carboxylic acids is 2. The molecule has 2 amide bonds. The van der Waals surface area contributed by atoms with Gasteiger partial charge in [-0.15, -0.1) is 0 Å². The van der Waals surface area contributed by atoms with Crippen molar-refractivity contribution in [1.82, 2.24) is 10.6 Å². The predicted molar refractivity (Wildman–Crippen MR) is 64.6 cm³/mol. The molecule has 0 aliphatic heterocycles. The van der Waals surface area contributed by atoms with Crippen LogP contribution in [-0.2, 0) is 9.59 Å². The van der Waals surface area contributed by atoms with E-state index in [0.29, 0.717) is 11.8 Å². The van der Waals surface area contributed by atoms with Crippen LogP contribution in [-0.4, -0.2) is 40.3 Å². The second-order valence-electron chi connectivity index (χ2n) is 5.39. The van der Waals surface area contributed by atoms with Crippen LogP contribution in [0.3, 0.4) is 0 Å². The molecule has 106 valence electrons. The van der Waals surface area contributed by atoms with Crippen LogP contribution >= 0.6 is 0 Å². The summed E-state index contributed by atoms with van der Waals surface area (Å²) < 4.78 is 0. The average Bonchev–Trinajstić information content (AvgIpc) is 2.89. The number of rotatable bonds is 5. The molecule has 2 bridgehead atoms. The first-order chi connectivity index (χ1) is 8.95. The average molecular weight is 270 g/mol. The van der Waals surface area contributed by atoms with Crippen LogP contribution in [0.2, 0.25) is 0 Å². The quantitative estimate of drug-likeness (QED) is 0.577. The molecule has 3 unspecified atom stereocenters. The van der Waals surface area contributed by atoms with Crippen molar-refractivity contribution in [3.8, 4) is 0 Å². The van der Waals surface area contributed by atoms with E-state index < -0.39 is 30.4 Å².